The van der Waals surface area contributed by atoms with Crippen molar-refractivity contribution in [2.45, 2.75) is 58.0 Å². The summed E-state index contributed by atoms with van der Waals surface area (Å²) in [6.07, 6.45) is 6.61. The van der Waals surface area contributed by atoms with Crippen LogP contribution in [-0.4, -0.2) is 49.8 Å². The van der Waals surface area contributed by atoms with Gasteiger partial charge in [0.15, 0.2) is 0 Å². The third kappa shape index (κ3) is 4.22. The van der Waals surface area contributed by atoms with Crippen molar-refractivity contribution in [3.05, 3.63) is 0 Å². The number of nitrogens with one attached hydrogen (secondary N) is 1. The Hall–Kier alpha value is -0.120. The molecule has 2 fully saturated rings. The van der Waals surface area contributed by atoms with E-state index < -0.39 is 0 Å². The molecular weight excluding hydrogens is 224 g/mol. The van der Waals surface area contributed by atoms with Crippen molar-refractivity contribution in [3.8, 4) is 0 Å². The summed E-state index contributed by atoms with van der Waals surface area (Å²) in [7, 11) is 0. The minimum atomic E-state index is 0.732. The molecule has 1 aliphatic carbocycles. The first-order chi connectivity index (χ1) is 8.85. The highest BCUT2D eigenvalue weighted by atomic mass is 16.5. The lowest BCUT2D eigenvalue weighted by Crippen LogP contribution is -2.57. The van der Waals surface area contributed by atoms with Crippen LogP contribution in [0.1, 0.15) is 46.0 Å². The zero-order valence-corrected chi connectivity index (χ0v) is 12.2. The molecule has 0 aromatic heterocycles. The molecule has 0 amide bonds. The van der Waals surface area contributed by atoms with Crippen LogP contribution < -0.4 is 5.32 Å². The highest BCUT2D eigenvalue weighted by Crippen LogP contribution is 2.34. The Bertz CT molecular complexity index is 231. The highest BCUT2D eigenvalue weighted by molar-refractivity contribution is 4.94. The largest absolute Gasteiger partial charge is 0.380 e. The second-order valence-electron chi connectivity index (χ2n) is 5.90. The van der Waals surface area contributed by atoms with Gasteiger partial charge in [0.25, 0.3) is 0 Å². The summed E-state index contributed by atoms with van der Waals surface area (Å²) < 4.78 is 5.66. The third-order valence-corrected chi connectivity index (χ3v) is 4.25. The van der Waals surface area contributed by atoms with Gasteiger partial charge in [0.2, 0.25) is 0 Å². The van der Waals surface area contributed by atoms with E-state index in [1.165, 1.54) is 38.8 Å². The molecule has 2 rings (SSSR count). The molecular formula is C15H30N2O. The van der Waals surface area contributed by atoms with E-state index in [-0.39, 0.29) is 0 Å². The van der Waals surface area contributed by atoms with Crippen LogP contribution in [-0.2, 0) is 4.74 Å². The highest BCUT2D eigenvalue weighted by Gasteiger charge is 2.36. The Morgan fingerprint density at radius 1 is 1.17 bits per heavy atom. The fraction of sp³-hybridized carbons (Fsp3) is 1.00. The molecule has 1 saturated carbocycles. The van der Waals surface area contributed by atoms with Crippen molar-refractivity contribution in [2.75, 3.05) is 32.8 Å². The molecule has 2 atom stereocenters. The Morgan fingerprint density at radius 2 is 2.00 bits per heavy atom. The van der Waals surface area contributed by atoms with Crippen molar-refractivity contribution in [1.82, 2.24) is 10.2 Å². The van der Waals surface area contributed by atoms with Gasteiger partial charge in [-0.2, -0.15) is 0 Å². The normalized spacial score (nSPS) is 29.7. The number of piperazine rings is 1. The Balaban J connectivity index is 1.75. The van der Waals surface area contributed by atoms with Crippen LogP contribution in [0.15, 0.2) is 0 Å². The monoisotopic (exact) mass is 254 g/mol. The van der Waals surface area contributed by atoms with Crippen molar-refractivity contribution >= 4 is 0 Å². The van der Waals surface area contributed by atoms with E-state index in [4.69, 9.17) is 4.74 Å². The first-order valence-electron chi connectivity index (χ1n) is 7.90. The molecule has 0 bridgehead atoms. The van der Waals surface area contributed by atoms with E-state index in [2.05, 4.69) is 24.1 Å². The van der Waals surface area contributed by atoms with E-state index >= 15 is 0 Å². The second-order valence-corrected chi connectivity index (χ2v) is 5.90. The van der Waals surface area contributed by atoms with E-state index in [9.17, 15) is 0 Å². The lowest BCUT2D eigenvalue weighted by molar-refractivity contribution is 0.0596. The van der Waals surface area contributed by atoms with Gasteiger partial charge in [-0.05, 0) is 31.6 Å². The number of nitrogens with zero attached hydrogens (tertiary/aromatic N) is 1. The minimum Gasteiger partial charge on any atom is -0.380 e. The quantitative estimate of drug-likeness (QED) is 0.673. The molecule has 2 aliphatic rings. The second kappa shape index (κ2) is 7.46. The Labute approximate surface area is 112 Å². The maximum absolute atomic E-state index is 5.66. The summed E-state index contributed by atoms with van der Waals surface area (Å²) >= 11 is 0. The third-order valence-electron chi connectivity index (χ3n) is 4.25. The first-order valence-corrected chi connectivity index (χ1v) is 7.90. The van der Waals surface area contributed by atoms with E-state index in [0.717, 1.165) is 44.2 Å². The van der Waals surface area contributed by atoms with Gasteiger partial charge in [0.05, 0.1) is 6.61 Å². The van der Waals surface area contributed by atoms with Gasteiger partial charge in [-0.15, -0.1) is 0 Å². The van der Waals surface area contributed by atoms with Crippen LogP contribution in [0.3, 0.4) is 0 Å². The summed E-state index contributed by atoms with van der Waals surface area (Å²) in [6.45, 7) is 9.83. The van der Waals surface area contributed by atoms with Gasteiger partial charge in [0.1, 0.15) is 0 Å². The maximum Gasteiger partial charge on any atom is 0.0593 e. The molecule has 106 valence electrons. The van der Waals surface area contributed by atoms with Gasteiger partial charge >= 0.3 is 0 Å². The van der Waals surface area contributed by atoms with Crippen LogP contribution in [0.4, 0.5) is 0 Å². The van der Waals surface area contributed by atoms with Gasteiger partial charge in [-0.25, -0.2) is 0 Å². The van der Waals surface area contributed by atoms with Gasteiger partial charge < -0.3 is 10.1 Å². The zero-order chi connectivity index (χ0) is 12.8. The van der Waals surface area contributed by atoms with Crippen LogP contribution in [0.2, 0.25) is 0 Å². The van der Waals surface area contributed by atoms with Gasteiger partial charge in [-0.1, -0.05) is 20.3 Å². The molecule has 3 nitrogen and oxygen atoms in total. The van der Waals surface area contributed by atoms with Crippen LogP contribution >= 0.6 is 0 Å². The topological polar surface area (TPSA) is 24.5 Å². The fourth-order valence-corrected chi connectivity index (χ4v) is 3.02. The molecule has 3 heteroatoms. The maximum atomic E-state index is 5.66. The summed E-state index contributed by atoms with van der Waals surface area (Å²) in [5.74, 6) is 0.964. The Kier molecular flexibility index (Phi) is 5.93. The van der Waals surface area contributed by atoms with Crippen molar-refractivity contribution in [3.63, 3.8) is 0 Å². The fourth-order valence-electron chi connectivity index (χ4n) is 3.02. The average Bonchev–Trinajstić information content (AvgIpc) is 3.21. The molecule has 1 N–H and O–H groups in total. The minimum absolute atomic E-state index is 0.732. The van der Waals surface area contributed by atoms with Crippen LogP contribution in [0, 0.1) is 5.92 Å². The molecule has 0 spiro atoms. The molecule has 18 heavy (non-hydrogen) atoms. The summed E-state index contributed by atoms with van der Waals surface area (Å²) in [6, 6.07) is 1.49. The van der Waals surface area contributed by atoms with Crippen molar-refractivity contribution < 1.29 is 4.74 Å². The zero-order valence-electron chi connectivity index (χ0n) is 12.2. The predicted octanol–water partition coefficient (Wildman–Crippen LogP) is 2.27. The van der Waals surface area contributed by atoms with Crippen LogP contribution in [0.25, 0.3) is 0 Å². The standard InChI is InChI=1S/C15H30N2O/c1-3-5-14-11-16-15(13-6-7-13)12-17(14)8-10-18-9-4-2/h13-16H,3-12H2,1-2H3. The first kappa shape index (κ1) is 14.3. The summed E-state index contributed by atoms with van der Waals surface area (Å²) in [4.78, 5) is 2.68. The lowest BCUT2D eigenvalue weighted by Gasteiger charge is -2.40. The SMILES string of the molecule is CCCOCCN1CC(C2CC2)NCC1CCC. The molecule has 0 radical (unpaired) electrons. The van der Waals surface area contributed by atoms with Gasteiger partial charge in [0, 0.05) is 38.3 Å². The molecule has 1 heterocycles. The smallest absolute Gasteiger partial charge is 0.0593 e. The summed E-state index contributed by atoms with van der Waals surface area (Å²) in [5, 5.41) is 3.77. The van der Waals surface area contributed by atoms with Crippen molar-refractivity contribution in [1.29, 1.82) is 0 Å². The number of ether oxygens (including phenoxy) is 1. The predicted molar refractivity (Wildman–Crippen MR) is 75.9 cm³/mol. The molecule has 0 aromatic carbocycles. The lowest BCUT2D eigenvalue weighted by atomic mass is 10.0. The van der Waals surface area contributed by atoms with E-state index in [1.807, 2.05) is 0 Å². The average molecular weight is 254 g/mol. The van der Waals surface area contributed by atoms with E-state index in [1.54, 1.807) is 0 Å². The number of hydrogen-bond donors (Lipinski definition) is 1. The molecule has 2 unspecified atom stereocenters. The number of hydrogen-bond acceptors (Lipinski definition) is 3. The Morgan fingerprint density at radius 3 is 2.67 bits per heavy atom. The van der Waals surface area contributed by atoms with Crippen LogP contribution in [0.5, 0.6) is 0 Å². The van der Waals surface area contributed by atoms with Crippen molar-refractivity contribution in [2.24, 2.45) is 5.92 Å². The van der Waals surface area contributed by atoms with Gasteiger partial charge in [-0.3, -0.25) is 4.90 Å². The molecule has 0 aromatic rings. The molecule has 1 saturated heterocycles. The molecule has 1 aliphatic heterocycles. The number of rotatable bonds is 8. The summed E-state index contributed by atoms with van der Waals surface area (Å²) in [5.41, 5.74) is 0. The van der Waals surface area contributed by atoms with E-state index in [0.29, 0.717) is 0 Å².